The Morgan fingerprint density at radius 3 is 0.887 bits per heavy atom. The van der Waals surface area contributed by atoms with Gasteiger partial charge in [-0.1, -0.05) is 271 Å². The molecule has 15 amide bonds. The number of esters is 3. The fourth-order valence-electron chi connectivity index (χ4n) is 21.0. The lowest BCUT2D eigenvalue weighted by Crippen LogP contribution is -2.62. The van der Waals surface area contributed by atoms with E-state index in [2.05, 4.69) is 47.9 Å². The zero-order valence-corrected chi connectivity index (χ0v) is 87.4. The highest BCUT2D eigenvalue weighted by Gasteiger charge is 2.73. The minimum atomic E-state index is -1.11. The molecule has 3 saturated heterocycles. The lowest BCUT2D eigenvalue weighted by atomic mass is 9.80. The first-order valence-electron chi connectivity index (χ1n) is 50.5. The molecule has 12 rings (SSSR count). The van der Waals surface area contributed by atoms with Crippen molar-refractivity contribution >= 4 is 107 Å². The van der Waals surface area contributed by atoms with Crippen LogP contribution in [-0.4, -0.2) is 220 Å². The maximum atomic E-state index is 14.4. The molecule has 7 aliphatic carbocycles. The second kappa shape index (κ2) is 43.6. The standard InChI is InChI=1S/C37H55N5O7.C36H53N5O7.C32H51N5O7/c1-20(22-16-11-10-12-17-22)49-33(47)29(36(5,6)7)41-34(48)40-28(35(2,3)4)32(46)42-19-23-25(37(23,8)9)26(42)31(45)39-24(27(43)30(38)44)18-21-14-13-15-21;1-19(2)26(33(46)48-20(3)22-15-10-9-11-16-22)39-34(47)40-29(35(4,5)6)32(45)41-18-23-25(36(23,7)8)27(41)31(44)38-24(28(42)30(37)43)17-21-13-12-14-21;1-16(2)21(28(42)44-15-32(8)11-12-32)35-29(43)36-24(30(3,4)5)27(41)37-14-18-20(31(18,6)7)22(37)26(40)34-19(13-17-9-10-17)23(38)25(33)39/h10-12,16-17,20-21,23-26,28-29H,13-15,18-19H2,1-9H3,(H2,38,44)(H,39,45)(H2,40,41,48);9-11,15-16,19-21,23-27,29H,12-14,17-18H2,1-8H3,(H2,37,43)(H,38,44)(H2,39,40,47);16-22,24H,9-15H2,1-8H3,(H2,33,39)(H,34,40)(H2,35,36,43)/t20-,23-,24?,25-,26-,28+,29?;20-,23+,24?,25+,26+,27+,29-;18-,19?,20-,21-,22-,24+/m010/s1. The summed E-state index contributed by atoms with van der Waals surface area (Å²) in [6.07, 6.45) is 9.40. The molecular weight excluding hydrogens is 1810 g/mol. The first-order chi connectivity index (χ1) is 65.2. The Labute approximate surface area is 830 Å². The minimum absolute atomic E-state index is 0.00206. The summed E-state index contributed by atoms with van der Waals surface area (Å²) in [5, 5.41) is 24.9. The van der Waals surface area contributed by atoms with E-state index >= 15 is 0 Å². The number of nitrogens with zero attached hydrogens (tertiary/aromatic N) is 3. The molecule has 10 aliphatic rings. The van der Waals surface area contributed by atoms with Crippen LogP contribution >= 0.6 is 0 Å². The number of likely N-dealkylation sites (tertiary alicyclic amines) is 3. The molecular formula is C105H159N15O21. The summed E-state index contributed by atoms with van der Waals surface area (Å²) in [6, 6.07) is 4.51. The van der Waals surface area contributed by atoms with Crippen molar-refractivity contribution in [1.29, 1.82) is 0 Å². The second-order valence-electron chi connectivity index (χ2n) is 48.7. The molecule has 20 atom stereocenters. The van der Waals surface area contributed by atoms with Crippen LogP contribution in [0.4, 0.5) is 14.4 Å². The lowest BCUT2D eigenvalue weighted by molar-refractivity contribution is -0.154. The molecule has 10 fully saturated rings. The smallest absolute Gasteiger partial charge is 0.329 e. The summed E-state index contributed by atoms with van der Waals surface area (Å²) in [5.41, 5.74) is 13.9. The Bertz CT molecular complexity index is 5010. The first kappa shape index (κ1) is 112. The average molecular weight is 1970 g/mol. The fourth-order valence-corrected chi connectivity index (χ4v) is 21.0. The van der Waals surface area contributed by atoms with Crippen molar-refractivity contribution in [1.82, 2.24) is 62.6 Å². The number of nitrogens with two attached hydrogens (primary N) is 3. The van der Waals surface area contributed by atoms with Crippen LogP contribution in [0.5, 0.6) is 0 Å². The van der Waals surface area contributed by atoms with Gasteiger partial charge >= 0.3 is 36.0 Å². The molecule has 141 heavy (non-hydrogen) atoms. The Morgan fingerprint density at radius 2 is 0.631 bits per heavy atom. The summed E-state index contributed by atoms with van der Waals surface area (Å²) in [6.45, 7) is 47.9. The van der Waals surface area contributed by atoms with Gasteiger partial charge in [-0.15, -0.1) is 0 Å². The Balaban J connectivity index is 0.000000218. The molecule has 2 aromatic rings. The number of amides is 15. The van der Waals surface area contributed by atoms with E-state index in [1.807, 2.05) is 192 Å². The molecule has 7 saturated carbocycles. The van der Waals surface area contributed by atoms with Crippen molar-refractivity contribution in [3.63, 3.8) is 0 Å². The molecule has 0 aromatic heterocycles. The third-order valence-corrected chi connectivity index (χ3v) is 31.5. The monoisotopic (exact) mass is 1970 g/mol. The molecule has 36 nitrogen and oxygen atoms in total. The highest BCUT2D eigenvalue weighted by molar-refractivity contribution is 6.39. The summed E-state index contributed by atoms with van der Waals surface area (Å²) in [7, 11) is 0. The van der Waals surface area contributed by atoms with E-state index in [1.54, 1.807) is 41.5 Å². The van der Waals surface area contributed by atoms with Crippen LogP contribution < -0.4 is 65.1 Å². The van der Waals surface area contributed by atoms with Crippen LogP contribution in [0.1, 0.15) is 280 Å². The number of nitrogens with one attached hydrogen (secondary N) is 9. The van der Waals surface area contributed by atoms with Crippen molar-refractivity contribution in [3.8, 4) is 0 Å². The molecule has 2 aromatic carbocycles. The largest absolute Gasteiger partial charge is 0.464 e. The minimum Gasteiger partial charge on any atom is -0.464 e. The number of benzene rings is 2. The summed E-state index contributed by atoms with van der Waals surface area (Å²) in [5.74, 6) is -10.6. The van der Waals surface area contributed by atoms with Gasteiger partial charge in [0, 0.05) is 25.0 Å². The van der Waals surface area contributed by atoms with Gasteiger partial charge in [-0.3, -0.25) is 57.5 Å². The first-order valence-corrected chi connectivity index (χ1v) is 50.5. The second-order valence-corrected chi connectivity index (χ2v) is 48.7. The van der Waals surface area contributed by atoms with Gasteiger partial charge in [-0.25, -0.2) is 28.8 Å². The van der Waals surface area contributed by atoms with E-state index in [0.29, 0.717) is 45.5 Å². The lowest BCUT2D eigenvalue weighted by Gasteiger charge is -2.38. The number of rotatable bonds is 38. The summed E-state index contributed by atoms with van der Waals surface area (Å²) < 4.78 is 16.9. The van der Waals surface area contributed by atoms with Gasteiger partial charge in [0.05, 0.1) is 24.7 Å². The van der Waals surface area contributed by atoms with Crippen LogP contribution in [0.15, 0.2) is 60.7 Å². The number of fused-ring (bicyclic) bond motifs is 3. The van der Waals surface area contributed by atoms with E-state index in [4.69, 9.17) is 31.4 Å². The number of hydrogen-bond donors (Lipinski definition) is 12. The van der Waals surface area contributed by atoms with E-state index < -0.39 is 213 Å². The van der Waals surface area contributed by atoms with Crippen LogP contribution in [0.3, 0.4) is 0 Å². The van der Waals surface area contributed by atoms with E-state index in [0.717, 1.165) is 75.3 Å². The summed E-state index contributed by atoms with van der Waals surface area (Å²) >= 11 is 0. The van der Waals surface area contributed by atoms with Crippen molar-refractivity contribution < 1.29 is 101 Å². The number of Topliss-reactive ketones (excluding diaryl/α,β-unsaturated/α-hetero) is 3. The maximum absolute atomic E-state index is 14.4. The average Bonchev–Trinajstić information content (AvgIpc) is 1.53. The molecule has 36 heteroatoms. The van der Waals surface area contributed by atoms with Crippen LogP contribution in [0, 0.1) is 108 Å². The third kappa shape index (κ3) is 27.1. The van der Waals surface area contributed by atoms with Crippen LogP contribution in [-0.2, 0) is 86.1 Å². The molecule has 0 spiro atoms. The molecule has 0 bridgehead atoms. The topological polar surface area (TPSA) is 531 Å². The third-order valence-electron chi connectivity index (χ3n) is 31.5. The number of ketones is 3. The molecule has 3 aliphatic heterocycles. The van der Waals surface area contributed by atoms with Crippen molar-refractivity contribution in [2.24, 2.45) is 126 Å². The van der Waals surface area contributed by atoms with Gasteiger partial charge in [-0.2, -0.15) is 0 Å². The Morgan fingerprint density at radius 1 is 0.362 bits per heavy atom. The van der Waals surface area contributed by atoms with Crippen LogP contribution in [0.25, 0.3) is 0 Å². The van der Waals surface area contributed by atoms with Gasteiger partial charge < -0.3 is 94.0 Å². The quantitative estimate of drug-likeness (QED) is 0.0170. The SMILES string of the molecule is CC(C)[C@H](NC(=O)N[C@H](C(=O)N1C[C@H]2[C@@H]([C@H]1C(=O)NC(CC1CC1)C(=O)C(N)=O)C2(C)C)C(C)(C)C)C(=O)OCC1(C)CC1.CC(C)[C@H](NC(=O)N[C@H](C(=O)N1C[C@H]2[C@@H]([C@H]1C(=O)NC(CC1CCC1)C(=O)C(N)=O)C2(C)C)C(C)(C)C)C(=O)O[C@H](C)c1ccccc1.C[C@H](OC(=O)C(NC(=O)N[C@H](C(=O)N1C[C@H]2[C@@H]([C@H]1C(=O)NC(CC1CCC1)C(=O)C(N)=O)C2(C)C)C(C)(C)C)C(C)(C)C)c1ccccc1. The van der Waals surface area contributed by atoms with Gasteiger partial charge in [0.1, 0.15) is 66.6 Å². The number of hydrogen-bond acceptors (Lipinski definition) is 21. The van der Waals surface area contributed by atoms with Crippen LogP contribution in [0.2, 0.25) is 0 Å². The zero-order chi connectivity index (χ0) is 105. The highest BCUT2D eigenvalue weighted by Crippen LogP contribution is 2.67. The van der Waals surface area contributed by atoms with Crippen molar-refractivity contribution in [2.75, 3.05) is 26.2 Å². The molecule has 3 heterocycles. The Kier molecular flexibility index (Phi) is 34.6. The van der Waals surface area contributed by atoms with E-state index in [9.17, 15) is 86.3 Å². The fraction of sp³-hybridized carbons (Fsp3) is 0.714. The molecule has 0 radical (unpaired) electrons. The van der Waals surface area contributed by atoms with Gasteiger partial charge in [0.25, 0.3) is 17.7 Å². The van der Waals surface area contributed by atoms with E-state index in [-0.39, 0.29) is 86.8 Å². The van der Waals surface area contributed by atoms with Crippen molar-refractivity contribution in [2.45, 2.75) is 341 Å². The normalized spacial score (nSPS) is 24.7. The number of ether oxygens (including phenoxy) is 3. The van der Waals surface area contributed by atoms with Gasteiger partial charge in [-0.05, 0) is 160 Å². The van der Waals surface area contributed by atoms with Crippen molar-refractivity contribution in [3.05, 3.63) is 71.8 Å². The van der Waals surface area contributed by atoms with Gasteiger partial charge in [0.15, 0.2) is 0 Å². The predicted octanol–water partition coefficient (Wildman–Crippen LogP) is 8.76. The van der Waals surface area contributed by atoms with Gasteiger partial charge in [0.2, 0.25) is 52.8 Å². The highest BCUT2D eigenvalue weighted by atomic mass is 16.6. The molecule has 4 unspecified atom stereocenters. The summed E-state index contributed by atoms with van der Waals surface area (Å²) in [4.78, 5) is 242. The molecule has 780 valence electrons. The molecule has 15 N–H and O–H groups in total. The number of piperidine rings is 3. The number of primary amides is 3. The van der Waals surface area contributed by atoms with E-state index in [1.165, 1.54) is 14.7 Å². The predicted molar refractivity (Wildman–Crippen MR) is 524 cm³/mol. The maximum Gasteiger partial charge on any atom is 0.329 e. The number of carbonyl (C=O) groups excluding carboxylic acids is 18. The zero-order valence-electron chi connectivity index (χ0n) is 87.4. The number of carbonyl (C=O) groups is 18. The number of urea groups is 3. The Hall–Kier alpha value is -11.1.